The van der Waals surface area contributed by atoms with E-state index < -0.39 is 0 Å². The Bertz CT molecular complexity index is 223. The molecule has 0 amide bonds. The van der Waals surface area contributed by atoms with Crippen LogP contribution in [-0.4, -0.2) is 60.5 Å². The molecular weight excluding hydrogens is 216 g/mol. The molecule has 0 bridgehead atoms. The smallest absolute Gasteiger partial charge is 0.0678 e. The fraction of sp³-hybridized carbons (Fsp3) is 1.00. The molecule has 0 spiro atoms. The highest BCUT2D eigenvalue weighted by atomic mass is 16.5. The quantitative estimate of drug-likeness (QED) is 0.716. The largest absolute Gasteiger partial charge is 0.395 e. The third-order valence-electron chi connectivity index (χ3n) is 3.56. The summed E-state index contributed by atoms with van der Waals surface area (Å²) >= 11 is 0. The molecule has 0 aromatic heterocycles. The Labute approximate surface area is 104 Å². The molecule has 4 nitrogen and oxygen atoms in total. The Hall–Kier alpha value is -0.160. The minimum absolute atomic E-state index is 0.256. The van der Waals surface area contributed by atoms with Gasteiger partial charge in [0.2, 0.25) is 0 Å². The van der Waals surface area contributed by atoms with Gasteiger partial charge in [-0.2, -0.15) is 0 Å². The lowest BCUT2D eigenvalue weighted by Crippen LogP contribution is -2.47. The van der Waals surface area contributed by atoms with Gasteiger partial charge in [0, 0.05) is 25.2 Å². The van der Waals surface area contributed by atoms with E-state index >= 15 is 0 Å². The molecule has 0 aromatic rings. The Morgan fingerprint density at radius 2 is 1.94 bits per heavy atom. The van der Waals surface area contributed by atoms with Crippen LogP contribution in [0.5, 0.6) is 0 Å². The Balaban J connectivity index is 1.68. The Morgan fingerprint density at radius 1 is 1.29 bits per heavy atom. The van der Waals surface area contributed by atoms with Crippen molar-refractivity contribution in [2.75, 3.05) is 26.2 Å². The van der Waals surface area contributed by atoms with E-state index in [1.807, 2.05) is 0 Å². The van der Waals surface area contributed by atoms with Crippen molar-refractivity contribution in [3.05, 3.63) is 0 Å². The van der Waals surface area contributed by atoms with Crippen LogP contribution in [0.3, 0.4) is 0 Å². The lowest BCUT2D eigenvalue weighted by Gasteiger charge is -2.36. The summed E-state index contributed by atoms with van der Waals surface area (Å²) in [5, 5.41) is 12.8. The van der Waals surface area contributed by atoms with Gasteiger partial charge in [-0.3, -0.25) is 4.90 Å². The van der Waals surface area contributed by atoms with Crippen molar-refractivity contribution in [3.8, 4) is 0 Å². The summed E-state index contributed by atoms with van der Waals surface area (Å²) in [6, 6.07) is 0.950. The van der Waals surface area contributed by atoms with Crippen molar-refractivity contribution in [1.29, 1.82) is 0 Å². The van der Waals surface area contributed by atoms with Gasteiger partial charge in [0.05, 0.1) is 18.8 Å². The zero-order chi connectivity index (χ0) is 12.3. The van der Waals surface area contributed by atoms with Gasteiger partial charge in [-0.05, 0) is 39.7 Å². The molecule has 2 rings (SSSR count). The maximum Gasteiger partial charge on any atom is 0.0678 e. The molecule has 3 atom stereocenters. The van der Waals surface area contributed by atoms with Crippen LogP contribution in [0.15, 0.2) is 0 Å². The van der Waals surface area contributed by atoms with Crippen LogP contribution in [0.1, 0.15) is 33.1 Å². The Morgan fingerprint density at radius 3 is 2.47 bits per heavy atom. The first kappa shape index (κ1) is 13.3. The maximum atomic E-state index is 9.33. The van der Waals surface area contributed by atoms with Crippen molar-refractivity contribution >= 4 is 0 Å². The summed E-state index contributed by atoms with van der Waals surface area (Å²) in [7, 11) is 0. The first-order chi connectivity index (χ1) is 8.17. The standard InChI is InChI=1S/C13H26N2O2/c1-10-7-15(8-11(2)17-10)6-5-13(9-16)14-12-3-4-12/h10-14,16H,3-9H2,1-2H3/t10-,11+,13?. The fourth-order valence-corrected chi connectivity index (χ4v) is 2.62. The molecule has 17 heavy (non-hydrogen) atoms. The summed E-state index contributed by atoms with van der Waals surface area (Å²) < 4.78 is 5.72. The third-order valence-corrected chi connectivity index (χ3v) is 3.56. The third kappa shape index (κ3) is 4.54. The molecule has 100 valence electrons. The van der Waals surface area contributed by atoms with E-state index in [1.54, 1.807) is 0 Å². The predicted octanol–water partition coefficient (Wildman–Crippen LogP) is 0.599. The molecule has 2 aliphatic rings. The first-order valence-electron chi connectivity index (χ1n) is 6.92. The lowest BCUT2D eigenvalue weighted by atomic mass is 10.1. The van der Waals surface area contributed by atoms with E-state index in [0.29, 0.717) is 18.2 Å². The number of aliphatic hydroxyl groups excluding tert-OH is 1. The molecule has 1 saturated carbocycles. The molecule has 1 saturated heterocycles. The van der Waals surface area contributed by atoms with Crippen LogP contribution in [-0.2, 0) is 4.74 Å². The zero-order valence-corrected chi connectivity index (χ0v) is 11.1. The molecule has 0 radical (unpaired) electrons. The van der Waals surface area contributed by atoms with Crippen LogP contribution in [0.2, 0.25) is 0 Å². The van der Waals surface area contributed by atoms with Crippen LogP contribution in [0, 0.1) is 0 Å². The van der Waals surface area contributed by atoms with Gasteiger partial charge in [0.25, 0.3) is 0 Å². The van der Waals surface area contributed by atoms with Crippen LogP contribution >= 0.6 is 0 Å². The highest BCUT2D eigenvalue weighted by Crippen LogP contribution is 2.20. The molecule has 2 N–H and O–H groups in total. The van der Waals surface area contributed by atoms with Crippen molar-refractivity contribution in [2.24, 2.45) is 0 Å². The molecule has 1 heterocycles. The number of rotatable bonds is 6. The van der Waals surface area contributed by atoms with Gasteiger partial charge in [-0.1, -0.05) is 0 Å². The van der Waals surface area contributed by atoms with Crippen LogP contribution in [0.4, 0.5) is 0 Å². The van der Waals surface area contributed by atoms with E-state index in [-0.39, 0.29) is 12.6 Å². The minimum atomic E-state index is 0.256. The SMILES string of the molecule is C[C@@H]1CN(CCC(CO)NC2CC2)C[C@H](C)O1. The van der Waals surface area contributed by atoms with Gasteiger partial charge in [-0.25, -0.2) is 0 Å². The van der Waals surface area contributed by atoms with Crippen molar-refractivity contribution in [2.45, 2.75) is 57.4 Å². The van der Waals surface area contributed by atoms with Gasteiger partial charge in [0.15, 0.2) is 0 Å². The number of ether oxygens (including phenoxy) is 1. The van der Waals surface area contributed by atoms with Gasteiger partial charge in [0.1, 0.15) is 0 Å². The number of morpholine rings is 1. The normalized spacial score (nSPS) is 32.6. The van der Waals surface area contributed by atoms with E-state index in [2.05, 4.69) is 24.1 Å². The average molecular weight is 242 g/mol. The lowest BCUT2D eigenvalue weighted by molar-refractivity contribution is -0.0688. The maximum absolute atomic E-state index is 9.33. The minimum Gasteiger partial charge on any atom is -0.395 e. The van der Waals surface area contributed by atoms with E-state index in [0.717, 1.165) is 26.1 Å². The summed E-state index contributed by atoms with van der Waals surface area (Å²) in [6.07, 6.45) is 4.27. The second-order valence-electron chi connectivity index (χ2n) is 5.63. The first-order valence-corrected chi connectivity index (χ1v) is 6.92. The second kappa shape index (κ2) is 6.14. The summed E-state index contributed by atoms with van der Waals surface area (Å²) in [6.45, 7) is 7.62. The monoisotopic (exact) mass is 242 g/mol. The van der Waals surface area contributed by atoms with Gasteiger partial charge in [-0.15, -0.1) is 0 Å². The number of aliphatic hydroxyl groups is 1. The van der Waals surface area contributed by atoms with Gasteiger partial charge >= 0.3 is 0 Å². The summed E-state index contributed by atoms with van der Waals surface area (Å²) in [4.78, 5) is 2.45. The molecular formula is C13H26N2O2. The predicted molar refractivity (Wildman–Crippen MR) is 68.1 cm³/mol. The Kier molecular flexibility index (Phi) is 4.79. The molecule has 1 unspecified atom stereocenters. The molecule has 4 heteroatoms. The average Bonchev–Trinajstić information content (AvgIpc) is 3.06. The van der Waals surface area contributed by atoms with Crippen molar-refractivity contribution in [3.63, 3.8) is 0 Å². The second-order valence-corrected chi connectivity index (χ2v) is 5.63. The zero-order valence-electron chi connectivity index (χ0n) is 11.1. The summed E-state index contributed by atoms with van der Waals surface area (Å²) in [5.41, 5.74) is 0. The molecule has 0 aromatic carbocycles. The molecule has 1 aliphatic carbocycles. The van der Waals surface area contributed by atoms with E-state index in [4.69, 9.17) is 4.74 Å². The van der Waals surface area contributed by atoms with Crippen molar-refractivity contribution in [1.82, 2.24) is 10.2 Å². The molecule has 1 aliphatic heterocycles. The fourth-order valence-electron chi connectivity index (χ4n) is 2.62. The topological polar surface area (TPSA) is 44.7 Å². The van der Waals surface area contributed by atoms with Gasteiger partial charge < -0.3 is 15.2 Å². The number of hydrogen-bond donors (Lipinski definition) is 2. The highest BCUT2D eigenvalue weighted by Gasteiger charge is 2.26. The number of hydrogen-bond acceptors (Lipinski definition) is 4. The molecule has 2 fully saturated rings. The number of nitrogens with zero attached hydrogens (tertiary/aromatic N) is 1. The number of nitrogens with one attached hydrogen (secondary N) is 1. The van der Waals surface area contributed by atoms with Crippen molar-refractivity contribution < 1.29 is 9.84 Å². The van der Waals surface area contributed by atoms with E-state index in [1.165, 1.54) is 12.8 Å². The van der Waals surface area contributed by atoms with E-state index in [9.17, 15) is 5.11 Å². The highest BCUT2D eigenvalue weighted by molar-refractivity contribution is 4.85. The van der Waals surface area contributed by atoms with Crippen LogP contribution in [0.25, 0.3) is 0 Å². The summed E-state index contributed by atoms with van der Waals surface area (Å²) in [5.74, 6) is 0. The van der Waals surface area contributed by atoms with Crippen LogP contribution < -0.4 is 5.32 Å².